The largest absolute Gasteiger partial charge is 0.465 e. The molecule has 3 N–H and O–H groups in total. The van der Waals surface area contributed by atoms with E-state index in [1.54, 1.807) is 0 Å². The van der Waals surface area contributed by atoms with Gasteiger partial charge in [0.15, 0.2) is 0 Å². The normalized spacial score (nSPS) is 45.3. The highest BCUT2D eigenvalue weighted by atomic mass is 16.4. The number of rotatable bonds is 0. The molecule has 2 unspecified atom stereocenters. The second kappa shape index (κ2) is 3.09. The molecule has 0 aromatic heterocycles. The van der Waals surface area contributed by atoms with Crippen molar-refractivity contribution in [1.82, 2.24) is 10.2 Å². The first kappa shape index (κ1) is 10.7. The Kier molecular flexibility index (Phi) is 2.20. The summed E-state index contributed by atoms with van der Waals surface area (Å²) in [6.45, 7) is 6.05. The van der Waals surface area contributed by atoms with Gasteiger partial charge < -0.3 is 20.4 Å². The van der Waals surface area contributed by atoms with Crippen LogP contribution in [0.5, 0.6) is 0 Å². The van der Waals surface area contributed by atoms with Crippen LogP contribution in [0.2, 0.25) is 0 Å². The summed E-state index contributed by atoms with van der Waals surface area (Å²) in [6.07, 6.45) is -1.32. The van der Waals surface area contributed by atoms with Gasteiger partial charge in [-0.05, 0) is 0 Å². The molecule has 2 atom stereocenters. The Balaban J connectivity index is 2.29. The highest BCUT2D eigenvalue weighted by molar-refractivity contribution is 5.65. The molecule has 5 nitrogen and oxygen atoms in total. The van der Waals surface area contributed by atoms with Gasteiger partial charge in [-0.3, -0.25) is 0 Å². The monoisotopic (exact) mass is 214 g/mol. The molecular weight excluding hydrogens is 196 g/mol. The van der Waals surface area contributed by atoms with Crippen molar-refractivity contribution in [2.45, 2.75) is 20.0 Å². The van der Waals surface area contributed by atoms with Crippen molar-refractivity contribution in [2.24, 2.45) is 10.8 Å². The zero-order valence-corrected chi connectivity index (χ0v) is 9.16. The van der Waals surface area contributed by atoms with Gasteiger partial charge >= 0.3 is 6.09 Å². The molecule has 2 aliphatic rings. The van der Waals surface area contributed by atoms with Gasteiger partial charge in [-0.1, -0.05) is 13.8 Å². The Bertz CT molecular complexity index is 276. The molecular formula is C10H18N2O3. The number of nitrogens with zero attached hydrogens (tertiary/aromatic N) is 1. The number of amides is 1. The molecule has 0 aromatic rings. The van der Waals surface area contributed by atoms with E-state index in [4.69, 9.17) is 5.11 Å². The fourth-order valence-corrected chi connectivity index (χ4v) is 3.02. The molecule has 2 aliphatic heterocycles. The summed E-state index contributed by atoms with van der Waals surface area (Å²) < 4.78 is 0. The van der Waals surface area contributed by atoms with Gasteiger partial charge in [0.1, 0.15) is 0 Å². The number of fused-ring (bicyclic) bond motifs is 2. The first-order chi connectivity index (χ1) is 6.87. The smallest absolute Gasteiger partial charge is 0.407 e. The van der Waals surface area contributed by atoms with Crippen LogP contribution in [0.3, 0.4) is 0 Å². The Hall–Kier alpha value is -0.810. The van der Waals surface area contributed by atoms with E-state index in [-0.39, 0.29) is 10.8 Å². The Morgan fingerprint density at radius 2 is 1.80 bits per heavy atom. The van der Waals surface area contributed by atoms with Crippen LogP contribution in [0.25, 0.3) is 0 Å². The predicted molar refractivity (Wildman–Crippen MR) is 54.7 cm³/mol. The molecule has 2 fully saturated rings. The van der Waals surface area contributed by atoms with Crippen LogP contribution in [0, 0.1) is 10.8 Å². The molecule has 0 saturated carbocycles. The van der Waals surface area contributed by atoms with Crippen LogP contribution < -0.4 is 5.32 Å². The number of aliphatic hydroxyl groups is 1. The van der Waals surface area contributed by atoms with E-state index >= 15 is 0 Å². The van der Waals surface area contributed by atoms with E-state index in [9.17, 15) is 9.90 Å². The van der Waals surface area contributed by atoms with Crippen molar-refractivity contribution in [2.75, 3.05) is 26.2 Å². The molecule has 2 heterocycles. The second-order valence-corrected chi connectivity index (χ2v) is 5.45. The van der Waals surface area contributed by atoms with Crippen molar-refractivity contribution in [3.63, 3.8) is 0 Å². The fourth-order valence-electron chi connectivity index (χ4n) is 3.02. The maximum Gasteiger partial charge on any atom is 0.407 e. The molecule has 2 rings (SSSR count). The Morgan fingerprint density at radius 3 is 2.20 bits per heavy atom. The zero-order valence-electron chi connectivity index (χ0n) is 9.16. The number of carboxylic acid groups (broad SMARTS) is 1. The number of aliphatic hydroxyl groups excluding tert-OH is 1. The standard InChI is InChI=1S/C10H18N2O3/c1-9-3-11-4-10(2,7(9)13)6-12(5-9)8(14)15/h7,11,13H,3-6H2,1-2H3,(H,14,15). The van der Waals surface area contributed by atoms with Crippen molar-refractivity contribution < 1.29 is 15.0 Å². The number of hydrogen-bond acceptors (Lipinski definition) is 3. The van der Waals surface area contributed by atoms with Gasteiger partial charge in [-0.15, -0.1) is 0 Å². The highest BCUT2D eigenvalue weighted by Gasteiger charge is 2.54. The first-order valence-electron chi connectivity index (χ1n) is 5.24. The third-order valence-corrected chi connectivity index (χ3v) is 3.75. The Labute approximate surface area is 89.1 Å². The summed E-state index contributed by atoms with van der Waals surface area (Å²) in [5, 5.41) is 22.6. The maximum atomic E-state index is 11.0. The number of likely N-dealkylation sites (tertiary alicyclic amines) is 1. The molecule has 0 spiro atoms. The molecule has 2 bridgehead atoms. The lowest BCUT2D eigenvalue weighted by atomic mass is 9.64. The predicted octanol–water partition coefficient (Wildman–Crippen LogP) is -0.0433. The van der Waals surface area contributed by atoms with Crippen LogP contribution in [-0.2, 0) is 0 Å². The van der Waals surface area contributed by atoms with Crippen molar-refractivity contribution in [3.8, 4) is 0 Å². The minimum Gasteiger partial charge on any atom is -0.465 e. The van der Waals surface area contributed by atoms with E-state index in [0.717, 1.165) is 0 Å². The van der Waals surface area contributed by atoms with E-state index in [1.165, 1.54) is 4.90 Å². The topological polar surface area (TPSA) is 72.8 Å². The molecule has 5 heteroatoms. The lowest BCUT2D eigenvalue weighted by Crippen LogP contribution is -2.70. The van der Waals surface area contributed by atoms with Crippen LogP contribution in [0.15, 0.2) is 0 Å². The minimum atomic E-state index is -0.888. The van der Waals surface area contributed by atoms with Crippen molar-refractivity contribution in [1.29, 1.82) is 0 Å². The quantitative estimate of drug-likeness (QED) is 0.529. The van der Waals surface area contributed by atoms with Crippen LogP contribution >= 0.6 is 0 Å². The zero-order chi connectivity index (χ0) is 11.3. The third kappa shape index (κ3) is 1.50. The van der Waals surface area contributed by atoms with Gasteiger partial charge in [0.2, 0.25) is 0 Å². The molecule has 0 aliphatic carbocycles. The van der Waals surface area contributed by atoms with Crippen molar-refractivity contribution >= 4 is 6.09 Å². The lowest BCUT2D eigenvalue weighted by Gasteiger charge is -2.56. The number of carbonyl (C=O) groups is 1. The number of nitrogens with one attached hydrogen (secondary N) is 1. The van der Waals surface area contributed by atoms with Crippen LogP contribution in [-0.4, -0.2) is 53.5 Å². The maximum absolute atomic E-state index is 11.0. The van der Waals surface area contributed by atoms with Crippen molar-refractivity contribution in [3.05, 3.63) is 0 Å². The summed E-state index contributed by atoms with van der Waals surface area (Å²) >= 11 is 0. The summed E-state index contributed by atoms with van der Waals surface area (Å²) in [4.78, 5) is 12.4. The van der Waals surface area contributed by atoms with Gasteiger partial charge in [-0.2, -0.15) is 0 Å². The van der Waals surface area contributed by atoms with Gasteiger partial charge in [0.05, 0.1) is 6.10 Å². The van der Waals surface area contributed by atoms with E-state index in [1.807, 2.05) is 13.8 Å². The molecule has 0 aromatic carbocycles. The molecule has 86 valence electrons. The van der Waals surface area contributed by atoms with E-state index in [2.05, 4.69) is 5.32 Å². The average molecular weight is 214 g/mol. The lowest BCUT2D eigenvalue weighted by molar-refractivity contribution is -0.133. The van der Waals surface area contributed by atoms with Crippen LogP contribution in [0.4, 0.5) is 4.79 Å². The first-order valence-corrected chi connectivity index (χ1v) is 5.24. The number of piperidine rings is 2. The molecule has 15 heavy (non-hydrogen) atoms. The van der Waals surface area contributed by atoms with Gasteiger partial charge in [0.25, 0.3) is 0 Å². The second-order valence-electron chi connectivity index (χ2n) is 5.45. The van der Waals surface area contributed by atoms with Crippen LogP contribution in [0.1, 0.15) is 13.8 Å². The SMILES string of the molecule is CC12CNCC(C)(CN(C(=O)O)C1)C2O. The molecule has 0 radical (unpaired) electrons. The summed E-state index contributed by atoms with van der Waals surface area (Å²) in [7, 11) is 0. The summed E-state index contributed by atoms with van der Waals surface area (Å²) in [5.41, 5.74) is -0.715. The van der Waals surface area contributed by atoms with Gasteiger partial charge in [0, 0.05) is 37.0 Å². The average Bonchev–Trinajstić information content (AvgIpc) is 2.10. The fraction of sp³-hybridized carbons (Fsp3) is 0.900. The Morgan fingerprint density at radius 1 is 1.33 bits per heavy atom. The molecule has 1 amide bonds. The highest BCUT2D eigenvalue weighted by Crippen LogP contribution is 2.42. The molecule has 2 saturated heterocycles. The minimum absolute atomic E-state index is 0.357. The third-order valence-electron chi connectivity index (χ3n) is 3.75. The summed E-state index contributed by atoms with van der Waals surface area (Å²) in [5.74, 6) is 0. The van der Waals surface area contributed by atoms with E-state index in [0.29, 0.717) is 26.2 Å². The van der Waals surface area contributed by atoms with E-state index < -0.39 is 12.2 Å². The summed E-state index contributed by atoms with van der Waals surface area (Å²) in [6, 6.07) is 0. The number of hydrogen-bond donors (Lipinski definition) is 3. The van der Waals surface area contributed by atoms with Gasteiger partial charge in [-0.25, -0.2) is 4.79 Å².